The van der Waals surface area contributed by atoms with Crippen molar-refractivity contribution in [2.45, 2.75) is 45.2 Å². The molecule has 1 fully saturated rings. The highest BCUT2D eigenvalue weighted by Crippen LogP contribution is 2.34. The van der Waals surface area contributed by atoms with Gasteiger partial charge in [0.15, 0.2) is 5.13 Å². The van der Waals surface area contributed by atoms with Crippen LogP contribution >= 0.6 is 11.3 Å². The highest BCUT2D eigenvalue weighted by molar-refractivity contribution is 7.19. The lowest BCUT2D eigenvalue weighted by atomic mass is 10.2. The zero-order valence-corrected chi connectivity index (χ0v) is 17.4. The van der Waals surface area contributed by atoms with Crippen LogP contribution in [0.2, 0.25) is 0 Å². The molecule has 1 saturated carbocycles. The van der Waals surface area contributed by atoms with Crippen LogP contribution in [0.15, 0.2) is 30.5 Å². The zero-order chi connectivity index (χ0) is 19.5. The number of hydrogen-bond acceptors (Lipinski definition) is 6. The van der Waals surface area contributed by atoms with Gasteiger partial charge < -0.3 is 14.8 Å². The van der Waals surface area contributed by atoms with E-state index in [1.54, 1.807) is 25.6 Å². The molecule has 28 heavy (non-hydrogen) atoms. The van der Waals surface area contributed by atoms with Crippen molar-refractivity contribution in [3.8, 4) is 22.1 Å². The van der Waals surface area contributed by atoms with Crippen LogP contribution in [0.25, 0.3) is 10.6 Å². The third kappa shape index (κ3) is 3.99. The summed E-state index contributed by atoms with van der Waals surface area (Å²) in [5.74, 6) is 1.56. The van der Waals surface area contributed by atoms with Crippen molar-refractivity contribution < 1.29 is 9.47 Å². The van der Waals surface area contributed by atoms with Gasteiger partial charge >= 0.3 is 0 Å². The summed E-state index contributed by atoms with van der Waals surface area (Å²) in [7, 11) is 3.32. The van der Waals surface area contributed by atoms with Gasteiger partial charge in [0.25, 0.3) is 0 Å². The highest BCUT2D eigenvalue weighted by atomic mass is 32.1. The molecule has 0 atom stereocenters. The summed E-state index contributed by atoms with van der Waals surface area (Å²) >= 11 is 1.65. The molecular weight excluding hydrogens is 372 g/mol. The normalized spacial score (nSPS) is 14.4. The van der Waals surface area contributed by atoms with E-state index >= 15 is 0 Å². The number of nitrogens with one attached hydrogen (secondary N) is 1. The SMILES string of the molecule is COc1cc(CNc2nc(C)c(-c3ccn(C4CCCC4)n3)s2)cc(OC)c1. The third-order valence-corrected chi connectivity index (χ3v) is 6.33. The van der Waals surface area contributed by atoms with E-state index in [1.165, 1.54) is 25.7 Å². The minimum absolute atomic E-state index is 0.558. The first-order valence-electron chi connectivity index (χ1n) is 9.65. The maximum absolute atomic E-state index is 5.34. The lowest BCUT2D eigenvalue weighted by molar-refractivity contribution is 0.393. The van der Waals surface area contributed by atoms with Crippen molar-refractivity contribution >= 4 is 16.5 Å². The molecule has 0 amide bonds. The van der Waals surface area contributed by atoms with Crippen molar-refractivity contribution in [3.05, 3.63) is 41.7 Å². The number of thiazole rings is 1. The van der Waals surface area contributed by atoms with E-state index in [0.29, 0.717) is 12.6 Å². The van der Waals surface area contributed by atoms with Crippen LogP contribution in [0.1, 0.15) is 43.0 Å². The summed E-state index contributed by atoms with van der Waals surface area (Å²) in [4.78, 5) is 5.82. The molecule has 4 rings (SSSR count). The largest absolute Gasteiger partial charge is 0.497 e. The Kier molecular flexibility index (Phi) is 5.52. The van der Waals surface area contributed by atoms with Crippen LogP contribution in [0, 0.1) is 6.92 Å². The van der Waals surface area contributed by atoms with Crippen molar-refractivity contribution in [2.75, 3.05) is 19.5 Å². The van der Waals surface area contributed by atoms with Crippen LogP contribution in [0.3, 0.4) is 0 Å². The molecule has 2 aromatic heterocycles. The Balaban J connectivity index is 1.47. The molecule has 0 aliphatic heterocycles. The summed E-state index contributed by atoms with van der Waals surface area (Å²) in [5.41, 5.74) is 3.10. The van der Waals surface area contributed by atoms with Crippen LogP contribution in [-0.4, -0.2) is 29.0 Å². The summed E-state index contributed by atoms with van der Waals surface area (Å²) in [6, 6.07) is 8.54. The minimum Gasteiger partial charge on any atom is -0.497 e. The van der Waals surface area contributed by atoms with Gasteiger partial charge in [0.2, 0.25) is 0 Å². The second-order valence-electron chi connectivity index (χ2n) is 7.13. The van der Waals surface area contributed by atoms with Crippen molar-refractivity contribution in [1.82, 2.24) is 14.8 Å². The molecule has 148 valence electrons. The molecule has 1 aliphatic carbocycles. The first-order chi connectivity index (χ1) is 13.7. The Morgan fingerprint density at radius 3 is 2.54 bits per heavy atom. The molecule has 1 aromatic carbocycles. The number of rotatable bonds is 7. The average Bonchev–Trinajstić information content (AvgIpc) is 3.46. The number of aryl methyl sites for hydroxylation is 1. The summed E-state index contributed by atoms with van der Waals surface area (Å²) in [6.45, 7) is 2.69. The van der Waals surface area contributed by atoms with E-state index in [4.69, 9.17) is 14.6 Å². The molecule has 0 spiro atoms. The predicted octanol–water partition coefficient (Wildman–Crippen LogP) is 5.06. The number of ether oxygens (including phenoxy) is 2. The maximum atomic E-state index is 5.34. The van der Waals surface area contributed by atoms with E-state index in [1.807, 2.05) is 25.1 Å². The molecule has 0 saturated heterocycles. The van der Waals surface area contributed by atoms with Crippen LogP contribution in [-0.2, 0) is 6.54 Å². The van der Waals surface area contributed by atoms with Gasteiger partial charge in [-0.1, -0.05) is 24.2 Å². The van der Waals surface area contributed by atoms with Crippen LogP contribution in [0.4, 0.5) is 5.13 Å². The Morgan fingerprint density at radius 2 is 1.86 bits per heavy atom. The fraction of sp³-hybridized carbons (Fsp3) is 0.429. The number of aromatic nitrogens is 3. The first kappa shape index (κ1) is 18.8. The lowest BCUT2D eigenvalue weighted by Gasteiger charge is -2.09. The molecule has 0 unspecified atom stereocenters. The Bertz CT molecular complexity index is 922. The molecule has 7 heteroatoms. The lowest BCUT2D eigenvalue weighted by Crippen LogP contribution is -2.04. The molecule has 6 nitrogen and oxygen atoms in total. The van der Waals surface area contributed by atoms with Crippen LogP contribution in [0.5, 0.6) is 11.5 Å². The van der Waals surface area contributed by atoms with E-state index in [9.17, 15) is 0 Å². The molecule has 2 heterocycles. The quantitative estimate of drug-likeness (QED) is 0.603. The summed E-state index contributed by atoms with van der Waals surface area (Å²) in [5, 5.41) is 9.14. The molecule has 1 aliphatic rings. The Morgan fingerprint density at radius 1 is 1.14 bits per heavy atom. The highest BCUT2D eigenvalue weighted by Gasteiger charge is 2.19. The van der Waals surface area contributed by atoms with Gasteiger partial charge in [-0.3, -0.25) is 4.68 Å². The molecule has 1 N–H and O–H groups in total. The number of anilines is 1. The second-order valence-corrected chi connectivity index (χ2v) is 8.13. The third-order valence-electron chi connectivity index (χ3n) is 5.19. The second kappa shape index (κ2) is 8.22. The number of methoxy groups -OCH3 is 2. The Labute approximate surface area is 169 Å². The van der Waals surface area contributed by atoms with Gasteiger partial charge in [0, 0.05) is 18.8 Å². The smallest absolute Gasteiger partial charge is 0.183 e. The van der Waals surface area contributed by atoms with Crippen molar-refractivity contribution in [1.29, 1.82) is 0 Å². The monoisotopic (exact) mass is 398 g/mol. The Hall–Kier alpha value is -2.54. The van der Waals surface area contributed by atoms with E-state index in [-0.39, 0.29) is 0 Å². The first-order valence-corrected chi connectivity index (χ1v) is 10.5. The zero-order valence-electron chi connectivity index (χ0n) is 16.6. The van der Waals surface area contributed by atoms with Crippen molar-refractivity contribution in [3.63, 3.8) is 0 Å². The van der Waals surface area contributed by atoms with E-state index in [0.717, 1.165) is 38.5 Å². The fourth-order valence-electron chi connectivity index (χ4n) is 3.69. The fourth-order valence-corrected chi connectivity index (χ4v) is 4.61. The molecule has 0 bridgehead atoms. The van der Waals surface area contributed by atoms with Gasteiger partial charge in [-0.25, -0.2) is 4.98 Å². The van der Waals surface area contributed by atoms with E-state index in [2.05, 4.69) is 27.2 Å². The maximum Gasteiger partial charge on any atom is 0.183 e. The van der Waals surface area contributed by atoms with E-state index < -0.39 is 0 Å². The van der Waals surface area contributed by atoms with Gasteiger partial charge in [0.05, 0.1) is 30.8 Å². The topological polar surface area (TPSA) is 61.2 Å². The summed E-state index contributed by atoms with van der Waals surface area (Å²) < 4.78 is 12.8. The number of hydrogen-bond donors (Lipinski definition) is 1. The average molecular weight is 399 g/mol. The standard InChI is InChI=1S/C21H26N4O2S/c1-14-20(19-8-9-25(24-19)16-6-4-5-7-16)28-21(23-14)22-13-15-10-17(26-2)12-18(11-15)27-3/h8-12,16H,4-7,13H2,1-3H3,(H,22,23). The van der Waals surface area contributed by atoms with Gasteiger partial charge in [-0.15, -0.1) is 0 Å². The molecule has 0 radical (unpaired) electrons. The molecule has 3 aromatic rings. The predicted molar refractivity (Wildman–Crippen MR) is 112 cm³/mol. The van der Waals surface area contributed by atoms with Crippen LogP contribution < -0.4 is 14.8 Å². The summed E-state index contributed by atoms with van der Waals surface area (Å²) in [6.07, 6.45) is 7.20. The minimum atomic E-state index is 0.558. The van der Waals surface area contributed by atoms with Gasteiger partial charge in [0.1, 0.15) is 17.2 Å². The van der Waals surface area contributed by atoms with Crippen molar-refractivity contribution in [2.24, 2.45) is 0 Å². The molecular formula is C21H26N4O2S. The van der Waals surface area contributed by atoms with Gasteiger partial charge in [-0.2, -0.15) is 5.10 Å². The number of nitrogens with zero attached hydrogens (tertiary/aromatic N) is 3. The number of benzene rings is 1. The van der Waals surface area contributed by atoms with Gasteiger partial charge in [-0.05, 0) is 43.5 Å².